The van der Waals surface area contributed by atoms with Crippen LogP contribution in [0.25, 0.3) is 0 Å². The lowest BCUT2D eigenvalue weighted by Gasteiger charge is -2.10. The quantitative estimate of drug-likeness (QED) is 0.829. The first-order chi connectivity index (χ1) is 8.08. The van der Waals surface area contributed by atoms with E-state index < -0.39 is 0 Å². The summed E-state index contributed by atoms with van der Waals surface area (Å²) in [6.07, 6.45) is 0. The molecule has 0 spiro atoms. The maximum absolute atomic E-state index is 9.62. The average molecular weight is 290 g/mol. The minimum absolute atomic E-state index is 0.0523. The number of hydrogen-bond acceptors (Lipinski definition) is 2. The molecule has 0 aliphatic carbocycles. The Balaban J connectivity index is 2.38. The topological polar surface area (TPSA) is 29.5 Å². The highest BCUT2D eigenvalue weighted by Crippen LogP contribution is 2.39. The number of aromatic hydroxyl groups is 1. The highest BCUT2D eigenvalue weighted by molar-refractivity contribution is 6.35. The molecule has 0 aliphatic rings. The Bertz CT molecular complexity index is 535. The number of phenols is 1. The van der Waals surface area contributed by atoms with Crippen molar-refractivity contribution in [2.45, 2.75) is 0 Å². The predicted molar refractivity (Wildman–Crippen MR) is 69.7 cm³/mol. The fourth-order valence-electron chi connectivity index (χ4n) is 1.27. The van der Waals surface area contributed by atoms with E-state index in [-0.39, 0.29) is 11.5 Å². The van der Waals surface area contributed by atoms with Gasteiger partial charge < -0.3 is 9.84 Å². The summed E-state index contributed by atoms with van der Waals surface area (Å²) in [6, 6.07) is 9.50. The zero-order chi connectivity index (χ0) is 12.4. The molecule has 17 heavy (non-hydrogen) atoms. The molecule has 0 unspecified atom stereocenters. The molecule has 0 radical (unpaired) electrons. The zero-order valence-corrected chi connectivity index (χ0v) is 10.7. The molecule has 0 fully saturated rings. The minimum Gasteiger partial charge on any atom is -0.504 e. The Kier molecular flexibility index (Phi) is 3.67. The van der Waals surface area contributed by atoms with E-state index >= 15 is 0 Å². The van der Waals surface area contributed by atoms with E-state index in [1.165, 1.54) is 6.07 Å². The van der Waals surface area contributed by atoms with Crippen molar-refractivity contribution in [2.24, 2.45) is 0 Å². The Hall–Kier alpha value is -1.09. The summed E-state index contributed by atoms with van der Waals surface area (Å²) in [5, 5.41) is 10.8. The van der Waals surface area contributed by atoms with Crippen LogP contribution in [-0.4, -0.2) is 5.11 Å². The van der Waals surface area contributed by atoms with Gasteiger partial charge >= 0.3 is 0 Å². The standard InChI is InChI=1S/C12H7Cl3O2/c13-7-4-5-11(9(15)6-7)17-12-8(14)2-1-3-10(12)16/h1-6,16H. The normalized spacial score (nSPS) is 10.3. The van der Waals surface area contributed by atoms with Crippen molar-refractivity contribution in [3.63, 3.8) is 0 Å². The van der Waals surface area contributed by atoms with Crippen LogP contribution in [0.2, 0.25) is 15.1 Å². The van der Waals surface area contributed by atoms with Gasteiger partial charge in [0.1, 0.15) is 5.75 Å². The van der Waals surface area contributed by atoms with Gasteiger partial charge in [-0.05, 0) is 30.3 Å². The van der Waals surface area contributed by atoms with Gasteiger partial charge in [-0.3, -0.25) is 0 Å². The third kappa shape index (κ3) is 2.78. The third-order valence-electron chi connectivity index (χ3n) is 2.05. The lowest BCUT2D eigenvalue weighted by Crippen LogP contribution is -1.87. The molecule has 88 valence electrons. The lowest BCUT2D eigenvalue weighted by atomic mass is 10.3. The van der Waals surface area contributed by atoms with Gasteiger partial charge in [-0.2, -0.15) is 0 Å². The average Bonchev–Trinajstić information content (AvgIpc) is 2.26. The van der Waals surface area contributed by atoms with E-state index in [2.05, 4.69) is 0 Å². The Labute approximate surface area is 113 Å². The van der Waals surface area contributed by atoms with Crippen molar-refractivity contribution in [1.29, 1.82) is 0 Å². The lowest BCUT2D eigenvalue weighted by molar-refractivity contribution is 0.411. The first-order valence-corrected chi connectivity index (χ1v) is 5.81. The number of para-hydroxylation sites is 1. The van der Waals surface area contributed by atoms with Gasteiger partial charge in [0.05, 0.1) is 10.0 Å². The molecule has 0 heterocycles. The summed E-state index contributed by atoms with van der Waals surface area (Å²) in [6.45, 7) is 0. The fourth-order valence-corrected chi connectivity index (χ4v) is 1.92. The van der Waals surface area contributed by atoms with Crippen LogP contribution in [0.3, 0.4) is 0 Å². The van der Waals surface area contributed by atoms with Gasteiger partial charge in [0, 0.05) is 5.02 Å². The van der Waals surface area contributed by atoms with Crippen LogP contribution >= 0.6 is 34.8 Å². The second-order valence-electron chi connectivity index (χ2n) is 3.26. The highest BCUT2D eigenvalue weighted by Gasteiger charge is 2.11. The molecule has 2 aromatic rings. The maximum Gasteiger partial charge on any atom is 0.187 e. The van der Waals surface area contributed by atoms with Crippen LogP contribution in [0.1, 0.15) is 0 Å². The van der Waals surface area contributed by atoms with Gasteiger partial charge in [-0.25, -0.2) is 0 Å². The number of hydrogen-bond donors (Lipinski definition) is 1. The molecule has 5 heteroatoms. The van der Waals surface area contributed by atoms with E-state index in [1.54, 1.807) is 30.3 Å². The predicted octanol–water partition coefficient (Wildman–Crippen LogP) is 5.14. The van der Waals surface area contributed by atoms with Gasteiger partial charge in [-0.1, -0.05) is 40.9 Å². The summed E-state index contributed by atoms with van der Waals surface area (Å²) < 4.78 is 5.45. The molecular weight excluding hydrogens is 282 g/mol. The number of rotatable bonds is 2. The summed E-state index contributed by atoms with van der Waals surface area (Å²) in [5.74, 6) is 0.487. The molecule has 0 saturated carbocycles. The Morgan fingerprint density at radius 1 is 0.941 bits per heavy atom. The summed E-state index contributed by atoms with van der Waals surface area (Å²) in [5.41, 5.74) is 0. The van der Waals surface area contributed by atoms with Gasteiger partial charge in [0.2, 0.25) is 0 Å². The van der Waals surface area contributed by atoms with Crippen molar-refractivity contribution < 1.29 is 9.84 Å². The van der Waals surface area contributed by atoms with Crippen molar-refractivity contribution in [3.05, 3.63) is 51.5 Å². The van der Waals surface area contributed by atoms with Crippen LogP contribution in [0, 0.1) is 0 Å². The molecular formula is C12H7Cl3O2. The third-order valence-corrected chi connectivity index (χ3v) is 2.88. The number of ether oxygens (including phenoxy) is 1. The minimum atomic E-state index is -0.0523. The van der Waals surface area contributed by atoms with Crippen molar-refractivity contribution in [1.82, 2.24) is 0 Å². The Morgan fingerprint density at radius 3 is 2.35 bits per heavy atom. The van der Waals surface area contributed by atoms with E-state index in [9.17, 15) is 5.11 Å². The maximum atomic E-state index is 9.62. The molecule has 0 aliphatic heterocycles. The van der Waals surface area contributed by atoms with E-state index in [0.29, 0.717) is 20.8 Å². The first-order valence-electron chi connectivity index (χ1n) is 4.68. The summed E-state index contributed by atoms with van der Waals surface area (Å²) in [4.78, 5) is 0. The molecule has 2 rings (SSSR count). The fraction of sp³-hybridized carbons (Fsp3) is 0. The van der Waals surface area contributed by atoms with Crippen LogP contribution in [-0.2, 0) is 0 Å². The van der Waals surface area contributed by atoms with Crippen molar-refractivity contribution in [3.8, 4) is 17.2 Å². The van der Waals surface area contributed by atoms with Gasteiger partial charge in [0.25, 0.3) is 0 Å². The Morgan fingerprint density at radius 2 is 1.71 bits per heavy atom. The molecule has 0 saturated heterocycles. The molecule has 0 bridgehead atoms. The van der Waals surface area contributed by atoms with Gasteiger partial charge in [0.15, 0.2) is 11.5 Å². The second kappa shape index (κ2) is 5.05. The van der Waals surface area contributed by atoms with Crippen LogP contribution < -0.4 is 4.74 Å². The van der Waals surface area contributed by atoms with E-state index in [4.69, 9.17) is 39.5 Å². The molecule has 0 amide bonds. The van der Waals surface area contributed by atoms with E-state index in [0.717, 1.165) is 0 Å². The zero-order valence-electron chi connectivity index (χ0n) is 8.45. The number of phenolic OH excluding ortho intramolecular Hbond substituents is 1. The second-order valence-corrected chi connectivity index (χ2v) is 4.52. The summed E-state index contributed by atoms with van der Waals surface area (Å²) >= 11 is 17.6. The van der Waals surface area contributed by atoms with Crippen LogP contribution in [0.5, 0.6) is 17.2 Å². The van der Waals surface area contributed by atoms with E-state index in [1.807, 2.05) is 0 Å². The largest absolute Gasteiger partial charge is 0.504 e. The van der Waals surface area contributed by atoms with Crippen molar-refractivity contribution >= 4 is 34.8 Å². The molecule has 0 aromatic heterocycles. The number of halogens is 3. The first kappa shape index (κ1) is 12.4. The van der Waals surface area contributed by atoms with Crippen LogP contribution in [0.15, 0.2) is 36.4 Å². The van der Waals surface area contributed by atoms with Crippen LogP contribution in [0.4, 0.5) is 0 Å². The molecule has 0 atom stereocenters. The monoisotopic (exact) mass is 288 g/mol. The summed E-state index contributed by atoms with van der Waals surface area (Å²) in [7, 11) is 0. The smallest absolute Gasteiger partial charge is 0.187 e. The number of benzene rings is 2. The van der Waals surface area contributed by atoms with Crippen molar-refractivity contribution in [2.75, 3.05) is 0 Å². The molecule has 2 aromatic carbocycles. The SMILES string of the molecule is Oc1cccc(Cl)c1Oc1ccc(Cl)cc1Cl. The highest BCUT2D eigenvalue weighted by atomic mass is 35.5. The van der Waals surface area contributed by atoms with Gasteiger partial charge in [-0.15, -0.1) is 0 Å². The molecule has 2 nitrogen and oxygen atoms in total. The molecule has 1 N–H and O–H groups in total.